The maximum atomic E-state index is 5.29. The number of nitrogens with zero attached hydrogens (tertiary/aromatic N) is 5. The average molecular weight is 517 g/mol. The Morgan fingerprint density at radius 3 is 2.52 bits per heavy atom. The highest BCUT2D eigenvalue weighted by atomic mass is 127. The fourth-order valence-electron chi connectivity index (χ4n) is 3.05. The molecule has 9 heteroatoms. The van der Waals surface area contributed by atoms with Crippen LogP contribution in [0.4, 0.5) is 0 Å². The van der Waals surface area contributed by atoms with Crippen molar-refractivity contribution < 1.29 is 4.52 Å². The van der Waals surface area contributed by atoms with E-state index in [-0.39, 0.29) is 35.9 Å². The summed E-state index contributed by atoms with van der Waals surface area (Å²) >= 11 is 0. The SMILES string of the molecule is CCNC(=NCCCc1nc(C(C)C)no1)NC(C)Cc1c(C)nn(C)c1C.I. The van der Waals surface area contributed by atoms with Gasteiger partial charge in [0.15, 0.2) is 11.8 Å². The average Bonchev–Trinajstić information content (AvgIpc) is 3.19. The molecule has 29 heavy (non-hydrogen) atoms. The Balaban J connectivity index is 0.00000420. The molecule has 0 aliphatic heterocycles. The van der Waals surface area contributed by atoms with Crippen LogP contribution < -0.4 is 10.6 Å². The lowest BCUT2D eigenvalue weighted by atomic mass is 10.1. The maximum absolute atomic E-state index is 5.29. The Labute approximate surface area is 191 Å². The summed E-state index contributed by atoms with van der Waals surface area (Å²) in [5.74, 6) is 2.58. The summed E-state index contributed by atoms with van der Waals surface area (Å²) in [6.45, 7) is 14.1. The first-order valence-corrected chi connectivity index (χ1v) is 10.2. The Bertz CT molecular complexity index is 782. The van der Waals surface area contributed by atoms with E-state index in [1.165, 1.54) is 11.3 Å². The first kappa shape index (κ1) is 25.4. The summed E-state index contributed by atoms with van der Waals surface area (Å²) in [5, 5.41) is 15.3. The van der Waals surface area contributed by atoms with E-state index >= 15 is 0 Å². The minimum absolute atomic E-state index is 0. The second kappa shape index (κ2) is 12.1. The number of aliphatic imine (C=N–C) groups is 1. The van der Waals surface area contributed by atoms with Crippen molar-refractivity contribution in [3.8, 4) is 0 Å². The van der Waals surface area contributed by atoms with E-state index in [1.54, 1.807) is 0 Å². The zero-order valence-corrected chi connectivity index (χ0v) is 21.1. The van der Waals surface area contributed by atoms with Gasteiger partial charge < -0.3 is 15.2 Å². The molecule has 0 radical (unpaired) electrons. The molecule has 0 bridgehead atoms. The molecule has 0 aromatic carbocycles. The largest absolute Gasteiger partial charge is 0.357 e. The highest BCUT2D eigenvalue weighted by molar-refractivity contribution is 14.0. The zero-order chi connectivity index (χ0) is 20.7. The van der Waals surface area contributed by atoms with E-state index in [0.717, 1.165) is 43.3 Å². The van der Waals surface area contributed by atoms with Crippen LogP contribution in [-0.2, 0) is 19.9 Å². The highest BCUT2D eigenvalue weighted by Crippen LogP contribution is 2.14. The quantitative estimate of drug-likeness (QED) is 0.230. The molecule has 2 aromatic heterocycles. The van der Waals surface area contributed by atoms with Crippen molar-refractivity contribution >= 4 is 29.9 Å². The maximum Gasteiger partial charge on any atom is 0.226 e. The van der Waals surface area contributed by atoms with Gasteiger partial charge in [0.25, 0.3) is 0 Å². The molecule has 1 unspecified atom stereocenters. The monoisotopic (exact) mass is 517 g/mol. The van der Waals surface area contributed by atoms with Gasteiger partial charge in [-0.1, -0.05) is 19.0 Å². The first-order chi connectivity index (χ1) is 13.3. The molecule has 2 heterocycles. The van der Waals surface area contributed by atoms with E-state index in [4.69, 9.17) is 4.52 Å². The molecule has 1 atom stereocenters. The second-order valence-electron chi connectivity index (χ2n) is 7.59. The number of halogens is 1. The van der Waals surface area contributed by atoms with Crippen molar-refractivity contribution in [3.05, 3.63) is 28.7 Å². The standard InChI is InChI=1S/C20H35N7O.HI/c1-8-21-20(22-11-9-10-18-24-19(13(2)3)26-28-18)23-14(4)12-17-15(5)25-27(7)16(17)6;/h13-14H,8-12H2,1-7H3,(H2,21,22,23);1H. The predicted octanol–water partition coefficient (Wildman–Crippen LogP) is 3.28. The van der Waals surface area contributed by atoms with Crippen LogP contribution in [0.3, 0.4) is 0 Å². The molecule has 0 aliphatic rings. The number of rotatable bonds is 9. The number of hydrogen-bond donors (Lipinski definition) is 2. The molecule has 164 valence electrons. The van der Waals surface area contributed by atoms with Crippen LogP contribution in [-0.4, -0.2) is 45.0 Å². The lowest BCUT2D eigenvalue weighted by molar-refractivity contribution is 0.369. The summed E-state index contributed by atoms with van der Waals surface area (Å²) in [7, 11) is 1.99. The topological polar surface area (TPSA) is 93.2 Å². The van der Waals surface area contributed by atoms with Gasteiger partial charge in [0.2, 0.25) is 5.89 Å². The molecule has 0 saturated heterocycles. The van der Waals surface area contributed by atoms with E-state index < -0.39 is 0 Å². The summed E-state index contributed by atoms with van der Waals surface area (Å²) in [4.78, 5) is 9.10. The fourth-order valence-corrected chi connectivity index (χ4v) is 3.05. The van der Waals surface area contributed by atoms with E-state index in [1.807, 2.05) is 11.7 Å². The van der Waals surface area contributed by atoms with Crippen LogP contribution >= 0.6 is 24.0 Å². The van der Waals surface area contributed by atoms with E-state index in [0.29, 0.717) is 12.4 Å². The number of nitrogens with one attached hydrogen (secondary N) is 2. The zero-order valence-electron chi connectivity index (χ0n) is 18.7. The lowest BCUT2D eigenvalue weighted by Gasteiger charge is -2.18. The predicted molar refractivity (Wildman–Crippen MR) is 127 cm³/mol. The second-order valence-corrected chi connectivity index (χ2v) is 7.59. The molecule has 0 fully saturated rings. The summed E-state index contributed by atoms with van der Waals surface area (Å²) in [5.41, 5.74) is 3.61. The molecule has 0 saturated carbocycles. The van der Waals surface area contributed by atoms with Crippen LogP contribution in [0, 0.1) is 13.8 Å². The molecule has 2 N–H and O–H groups in total. The Hall–Kier alpha value is -1.65. The van der Waals surface area contributed by atoms with Crippen LogP contribution in [0.5, 0.6) is 0 Å². The van der Waals surface area contributed by atoms with Gasteiger partial charge in [-0.3, -0.25) is 9.67 Å². The molecule has 0 amide bonds. The van der Waals surface area contributed by atoms with Crippen molar-refractivity contribution in [1.29, 1.82) is 0 Å². The van der Waals surface area contributed by atoms with Crippen LogP contribution in [0.15, 0.2) is 9.52 Å². The lowest BCUT2D eigenvalue weighted by Crippen LogP contribution is -2.43. The third-order valence-corrected chi connectivity index (χ3v) is 4.72. The third kappa shape index (κ3) is 7.60. The molecule has 2 rings (SSSR count). The normalized spacial score (nSPS) is 12.8. The minimum atomic E-state index is 0. The molecular weight excluding hydrogens is 481 g/mol. The van der Waals surface area contributed by atoms with Gasteiger partial charge in [-0.15, -0.1) is 24.0 Å². The number of aryl methyl sites for hydroxylation is 3. The van der Waals surface area contributed by atoms with E-state index in [2.05, 4.69) is 72.4 Å². The summed E-state index contributed by atoms with van der Waals surface area (Å²) in [6.07, 6.45) is 2.52. The number of guanidine groups is 1. The van der Waals surface area contributed by atoms with E-state index in [9.17, 15) is 0 Å². The van der Waals surface area contributed by atoms with Gasteiger partial charge in [-0.25, -0.2) is 0 Å². The number of hydrogen-bond acceptors (Lipinski definition) is 5. The van der Waals surface area contributed by atoms with Crippen LogP contribution in [0.1, 0.15) is 68.7 Å². The summed E-state index contributed by atoms with van der Waals surface area (Å²) in [6, 6.07) is 0.254. The molecule has 2 aromatic rings. The van der Waals surface area contributed by atoms with Crippen LogP contribution in [0.25, 0.3) is 0 Å². The first-order valence-electron chi connectivity index (χ1n) is 10.2. The van der Waals surface area contributed by atoms with Gasteiger partial charge >= 0.3 is 0 Å². The molecule has 0 aliphatic carbocycles. The number of aromatic nitrogens is 4. The molecule has 0 spiro atoms. The molecular formula is C20H36IN7O. The van der Waals surface area contributed by atoms with Crippen LogP contribution in [0.2, 0.25) is 0 Å². The minimum Gasteiger partial charge on any atom is -0.357 e. The smallest absolute Gasteiger partial charge is 0.226 e. The molecule has 8 nitrogen and oxygen atoms in total. The van der Waals surface area contributed by atoms with Crippen molar-refractivity contribution in [3.63, 3.8) is 0 Å². The van der Waals surface area contributed by atoms with Gasteiger partial charge in [-0.05, 0) is 46.1 Å². The van der Waals surface area contributed by atoms with Gasteiger partial charge in [0.1, 0.15) is 0 Å². The highest BCUT2D eigenvalue weighted by Gasteiger charge is 2.14. The Kier molecular flexibility index (Phi) is 10.6. The Morgan fingerprint density at radius 2 is 1.97 bits per heavy atom. The van der Waals surface area contributed by atoms with Gasteiger partial charge in [0, 0.05) is 44.2 Å². The van der Waals surface area contributed by atoms with Crippen molar-refractivity contribution in [2.75, 3.05) is 13.1 Å². The van der Waals surface area contributed by atoms with Gasteiger partial charge in [-0.2, -0.15) is 10.1 Å². The van der Waals surface area contributed by atoms with Gasteiger partial charge in [0.05, 0.1) is 5.69 Å². The van der Waals surface area contributed by atoms with Crippen molar-refractivity contribution in [2.45, 2.75) is 72.8 Å². The van der Waals surface area contributed by atoms with Crippen molar-refractivity contribution in [2.24, 2.45) is 12.0 Å². The Morgan fingerprint density at radius 1 is 1.24 bits per heavy atom. The summed E-state index contributed by atoms with van der Waals surface area (Å²) < 4.78 is 7.23. The van der Waals surface area contributed by atoms with Crippen molar-refractivity contribution in [1.82, 2.24) is 30.6 Å². The fraction of sp³-hybridized carbons (Fsp3) is 0.700. The third-order valence-electron chi connectivity index (χ3n) is 4.72.